The van der Waals surface area contributed by atoms with Crippen molar-refractivity contribution in [3.8, 4) is 11.5 Å². The molecule has 10 nitrogen and oxygen atoms in total. The summed E-state index contributed by atoms with van der Waals surface area (Å²) in [5.74, 6) is -10.8. The highest BCUT2D eigenvalue weighted by Crippen LogP contribution is 2.65. The minimum Gasteiger partial charge on any atom is -0.508 e. The number of hydrogen-bond donors (Lipinski definition) is 2. The summed E-state index contributed by atoms with van der Waals surface area (Å²) in [6.45, 7) is -0.0528. The third-order valence-corrected chi connectivity index (χ3v) is 11.9. The Labute approximate surface area is 335 Å². The molecule has 2 saturated heterocycles. The quantitative estimate of drug-likeness (QED) is 0.108. The van der Waals surface area contributed by atoms with Crippen LogP contribution in [0.15, 0.2) is 96.7 Å². The Balaban J connectivity index is 1.32. The maximum absolute atomic E-state index is 15.3. The number of allylic oxidation sites excluding steroid dienone is 2. The molecule has 4 aromatic rings. The lowest BCUT2D eigenvalue weighted by molar-refractivity contribution is -0.274. The zero-order valence-corrected chi connectivity index (χ0v) is 31.0. The van der Waals surface area contributed by atoms with Crippen molar-refractivity contribution in [2.24, 2.45) is 23.7 Å². The molecule has 18 heteroatoms. The number of halogens is 8. The van der Waals surface area contributed by atoms with Gasteiger partial charge in [-0.2, -0.15) is 18.2 Å². The number of benzene rings is 3. The Morgan fingerprint density at radius 3 is 2.24 bits per heavy atom. The van der Waals surface area contributed by atoms with Gasteiger partial charge in [0.1, 0.15) is 11.5 Å². The number of aromatic nitrogens is 1. The van der Waals surface area contributed by atoms with Crippen LogP contribution < -0.4 is 10.2 Å². The largest absolute Gasteiger partial charge is 0.573 e. The van der Waals surface area contributed by atoms with Crippen LogP contribution in [0.3, 0.4) is 0 Å². The van der Waals surface area contributed by atoms with E-state index in [-0.39, 0.29) is 35.5 Å². The first-order valence-electron chi connectivity index (χ1n) is 17.7. The summed E-state index contributed by atoms with van der Waals surface area (Å²) in [6.07, 6.45) is -8.22. The van der Waals surface area contributed by atoms with Crippen LogP contribution in [0, 0.1) is 23.7 Å². The van der Waals surface area contributed by atoms with Crippen LogP contribution in [-0.2, 0) is 37.3 Å². The summed E-state index contributed by atoms with van der Waals surface area (Å²) in [6, 6.07) is 17.7. The van der Waals surface area contributed by atoms with Crippen molar-refractivity contribution < 1.29 is 55.4 Å². The number of pyridine rings is 1. The fourth-order valence-corrected chi connectivity index (χ4v) is 9.41. The van der Waals surface area contributed by atoms with E-state index in [1.807, 2.05) is 0 Å². The molecular formula is C40H28Cl2F6N4O6. The number of aromatic hydroxyl groups is 1. The number of carbonyl (C=O) groups is 4. The van der Waals surface area contributed by atoms with Gasteiger partial charge in [0.2, 0.25) is 11.8 Å². The zero-order chi connectivity index (χ0) is 41.5. The fraction of sp³-hybridized carbons (Fsp3) is 0.275. The fourth-order valence-electron chi connectivity index (χ4n) is 9.08. The van der Waals surface area contributed by atoms with E-state index < -0.39 is 99.1 Å². The van der Waals surface area contributed by atoms with Gasteiger partial charge in [0, 0.05) is 22.7 Å². The molecule has 2 aliphatic carbocycles. The Morgan fingerprint density at radius 1 is 0.879 bits per heavy atom. The monoisotopic (exact) mass is 844 g/mol. The second-order valence-electron chi connectivity index (χ2n) is 14.4. The average molecular weight is 846 g/mol. The summed E-state index contributed by atoms with van der Waals surface area (Å²) in [5, 5.41) is 11.6. The molecule has 4 amide bonds. The first-order valence-corrected chi connectivity index (χ1v) is 18.5. The van der Waals surface area contributed by atoms with E-state index in [0.717, 1.165) is 23.1 Å². The van der Waals surface area contributed by atoms with E-state index in [4.69, 9.17) is 23.2 Å². The maximum atomic E-state index is 15.3. The van der Waals surface area contributed by atoms with Crippen molar-refractivity contribution in [2.45, 2.75) is 43.3 Å². The number of imide groups is 2. The van der Waals surface area contributed by atoms with Crippen molar-refractivity contribution in [1.29, 1.82) is 0 Å². The van der Waals surface area contributed by atoms with E-state index in [2.05, 4.69) is 15.1 Å². The number of alkyl halides is 6. The molecule has 3 aromatic carbocycles. The number of nitrogens with one attached hydrogen (secondary N) is 1. The van der Waals surface area contributed by atoms with Crippen LogP contribution in [0.4, 0.5) is 32.2 Å². The Hall–Kier alpha value is -5.61. The van der Waals surface area contributed by atoms with Gasteiger partial charge in [-0.05, 0) is 66.3 Å². The summed E-state index contributed by atoms with van der Waals surface area (Å²) < 4.78 is 85.5. The third kappa shape index (κ3) is 6.42. The Bertz CT molecular complexity index is 2400. The molecule has 0 bridgehead atoms. The molecule has 4 aliphatic rings. The van der Waals surface area contributed by atoms with Gasteiger partial charge in [-0.15, -0.1) is 13.2 Å². The number of phenols is 1. The predicted octanol–water partition coefficient (Wildman–Crippen LogP) is 8.20. The number of ether oxygens (including phenoxy) is 1. The number of rotatable bonds is 7. The van der Waals surface area contributed by atoms with Crippen molar-refractivity contribution >= 4 is 52.6 Å². The van der Waals surface area contributed by atoms with E-state index in [9.17, 15) is 45.8 Å². The van der Waals surface area contributed by atoms with Crippen LogP contribution in [-0.4, -0.2) is 50.0 Å². The number of hydrogen-bond acceptors (Lipinski definition) is 8. The third-order valence-electron chi connectivity index (χ3n) is 11.4. The first-order chi connectivity index (χ1) is 27.4. The van der Waals surface area contributed by atoms with E-state index in [0.29, 0.717) is 28.4 Å². The number of amides is 4. The molecule has 0 spiro atoms. The number of phenolic OH excluding ortho intramolecular Hbond substituents is 1. The van der Waals surface area contributed by atoms with Crippen LogP contribution in [0.5, 0.6) is 11.5 Å². The van der Waals surface area contributed by atoms with Gasteiger partial charge in [-0.3, -0.25) is 29.5 Å². The van der Waals surface area contributed by atoms with Crippen molar-refractivity contribution in [3.05, 3.63) is 129 Å². The van der Waals surface area contributed by atoms with Gasteiger partial charge < -0.3 is 9.84 Å². The molecule has 1 aromatic heterocycles. The molecule has 58 heavy (non-hydrogen) atoms. The lowest BCUT2D eigenvalue weighted by Crippen LogP contribution is -2.53. The standard InChI is InChI=1S/C40H28Cl2F6N4O6/c41-22-8-6-20(7-9-22)38-28(35(55)52(37(38)57)50-33-29(42)14-21(17-49-33)39(43,44)45)16-26-24(32(38)27-15-23(10-13-30(27)53)58-40(46,47)48)11-12-25-31(26)36(56)51(34(25)54)18-19-4-2-1-3-5-19/h1-11,13-15,17,25-26,28,31-32,53H,12,16,18H2,(H,49,50)/t25-,26+,28-,31-,32+,38+/m0/s1. The summed E-state index contributed by atoms with van der Waals surface area (Å²) in [4.78, 5) is 63.3. The molecule has 3 heterocycles. The van der Waals surface area contributed by atoms with Gasteiger partial charge in [0.05, 0.1) is 40.3 Å². The van der Waals surface area contributed by atoms with E-state index in [1.165, 1.54) is 24.3 Å². The molecule has 2 aliphatic heterocycles. The highest BCUT2D eigenvalue weighted by molar-refractivity contribution is 6.33. The first kappa shape index (κ1) is 39.2. The molecule has 0 radical (unpaired) electrons. The molecule has 6 atom stereocenters. The number of fused-ring (bicyclic) bond motifs is 4. The molecule has 8 rings (SSSR count). The van der Waals surface area contributed by atoms with Crippen LogP contribution >= 0.6 is 23.2 Å². The number of carbonyl (C=O) groups excluding carboxylic acids is 4. The van der Waals surface area contributed by atoms with Crippen LogP contribution in [0.2, 0.25) is 10.0 Å². The van der Waals surface area contributed by atoms with Crippen molar-refractivity contribution in [2.75, 3.05) is 5.43 Å². The lowest BCUT2D eigenvalue weighted by atomic mass is 9.49. The molecule has 3 fully saturated rings. The number of likely N-dealkylation sites (tertiary alicyclic amines) is 1. The SMILES string of the molecule is O=C1[C@H]2[C@H](CC=C3[C@H]2C[C@H]2C(=O)N(Nc4ncc(C(F)(F)F)cc4Cl)C(=O)[C@@]2(c2ccc(Cl)cc2)[C@H]3c2cc(OC(F)(F)F)ccc2O)C(=O)N1Cc1ccccc1. The minimum atomic E-state index is -5.18. The van der Waals surface area contributed by atoms with Gasteiger partial charge in [-0.1, -0.05) is 77.3 Å². The van der Waals surface area contributed by atoms with Gasteiger partial charge >= 0.3 is 12.5 Å². The topological polar surface area (TPSA) is 129 Å². The summed E-state index contributed by atoms with van der Waals surface area (Å²) in [5.41, 5.74) is -0.0507. The van der Waals surface area contributed by atoms with E-state index >= 15 is 4.79 Å². The van der Waals surface area contributed by atoms with Gasteiger partial charge in [0.25, 0.3) is 11.8 Å². The second kappa shape index (κ2) is 14.0. The molecule has 1 saturated carbocycles. The normalized spacial score (nSPS) is 25.7. The number of nitrogens with zero attached hydrogens (tertiary/aromatic N) is 3. The summed E-state index contributed by atoms with van der Waals surface area (Å²) >= 11 is 12.5. The molecule has 300 valence electrons. The smallest absolute Gasteiger partial charge is 0.508 e. The average Bonchev–Trinajstić information content (AvgIpc) is 3.53. The predicted molar refractivity (Wildman–Crippen MR) is 194 cm³/mol. The van der Waals surface area contributed by atoms with Crippen molar-refractivity contribution in [3.63, 3.8) is 0 Å². The van der Waals surface area contributed by atoms with E-state index in [1.54, 1.807) is 36.4 Å². The Morgan fingerprint density at radius 2 is 1.59 bits per heavy atom. The van der Waals surface area contributed by atoms with Gasteiger partial charge in [-0.25, -0.2) is 4.98 Å². The lowest BCUT2D eigenvalue weighted by Gasteiger charge is -2.50. The molecular weight excluding hydrogens is 817 g/mol. The van der Waals surface area contributed by atoms with Gasteiger partial charge in [0.15, 0.2) is 5.82 Å². The minimum absolute atomic E-state index is 0.0289. The zero-order valence-electron chi connectivity index (χ0n) is 29.5. The van der Waals surface area contributed by atoms with Crippen molar-refractivity contribution in [1.82, 2.24) is 14.9 Å². The number of anilines is 1. The second-order valence-corrected chi connectivity index (χ2v) is 15.3. The number of hydrazine groups is 1. The van der Waals surface area contributed by atoms with Crippen LogP contribution in [0.1, 0.15) is 41.0 Å². The highest BCUT2D eigenvalue weighted by Gasteiger charge is 2.70. The highest BCUT2D eigenvalue weighted by atomic mass is 35.5. The summed E-state index contributed by atoms with van der Waals surface area (Å²) in [7, 11) is 0. The Kier molecular flexibility index (Phi) is 9.50. The van der Waals surface area contributed by atoms with Crippen LogP contribution in [0.25, 0.3) is 0 Å². The maximum Gasteiger partial charge on any atom is 0.573 e. The molecule has 0 unspecified atom stereocenters. The molecule has 2 N–H and O–H groups in total.